The van der Waals surface area contributed by atoms with Crippen LogP contribution < -0.4 is 11.1 Å². The van der Waals surface area contributed by atoms with Crippen molar-refractivity contribution < 1.29 is 0 Å². The number of amidine groups is 1. The van der Waals surface area contributed by atoms with Gasteiger partial charge < -0.3 is 11.1 Å². The summed E-state index contributed by atoms with van der Waals surface area (Å²) >= 11 is 0. The van der Waals surface area contributed by atoms with E-state index >= 15 is 0 Å². The minimum Gasteiger partial charge on any atom is -0.373 e. The summed E-state index contributed by atoms with van der Waals surface area (Å²) in [6.07, 6.45) is 1.14. The van der Waals surface area contributed by atoms with E-state index in [0.717, 1.165) is 25.3 Å². The predicted octanol–water partition coefficient (Wildman–Crippen LogP) is -0.663. The zero-order chi connectivity index (χ0) is 5.82. The Morgan fingerprint density at radius 3 is 3.00 bits per heavy atom. The highest BCUT2D eigenvalue weighted by atomic mass is 15.0. The van der Waals surface area contributed by atoms with Crippen LogP contribution in [0.4, 0.5) is 0 Å². The average Bonchev–Trinajstić information content (AvgIpc) is 1.90. The van der Waals surface area contributed by atoms with Gasteiger partial charge in [-0.05, 0) is 6.42 Å². The average molecular weight is 113 g/mol. The first kappa shape index (κ1) is 5.56. The molecule has 0 atom stereocenters. The molecule has 1 rings (SSSR count). The molecule has 1 heterocycles. The Hall–Kier alpha value is -0.570. The molecule has 1 aliphatic heterocycles. The fourth-order valence-electron chi connectivity index (χ4n) is 0.718. The topological polar surface area (TPSA) is 50.4 Å². The van der Waals surface area contributed by atoms with Crippen molar-refractivity contribution in [1.82, 2.24) is 5.32 Å². The molecule has 1 aliphatic rings. The molecule has 0 saturated carbocycles. The van der Waals surface area contributed by atoms with E-state index in [-0.39, 0.29) is 0 Å². The number of nitrogens with two attached hydrogens (primary N) is 1. The second-order valence-electron chi connectivity index (χ2n) is 1.81. The molecule has 0 aromatic rings. The third kappa shape index (κ3) is 1.20. The molecule has 46 valence electrons. The monoisotopic (exact) mass is 113 g/mol. The van der Waals surface area contributed by atoms with Crippen LogP contribution in [0.1, 0.15) is 6.42 Å². The van der Waals surface area contributed by atoms with Crippen LogP contribution in [0.25, 0.3) is 0 Å². The van der Waals surface area contributed by atoms with Crippen LogP contribution in [0, 0.1) is 0 Å². The Labute approximate surface area is 49.0 Å². The number of hydrogen-bond donors (Lipinski definition) is 2. The van der Waals surface area contributed by atoms with Crippen LogP contribution in [0.5, 0.6) is 0 Å². The summed E-state index contributed by atoms with van der Waals surface area (Å²) in [7, 11) is 0. The van der Waals surface area contributed by atoms with Gasteiger partial charge in [-0.25, -0.2) is 0 Å². The molecule has 0 aromatic carbocycles. The zero-order valence-corrected chi connectivity index (χ0v) is 4.85. The molecular weight excluding hydrogens is 102 g/mol. The molecular formula is C5H11N3. The van der Waals surface area contributed by atoms with E-state index in [1.54, 1.807) is 0 Å². The van der Waals surface area contributed by atoms with Gasteiger partial charge in [0.1, 0.15) is 5.84 Å². The first-order valence-corrected chi connectivity index (χ1v) is 2.91. The third-order valence-corrected chi connectivity index (χ3v) is 1.16. The van der Waals surface area contributed by atoms with E-state index in [1.165, 1.54) is 0 Å². The summed E-state index contributed by atoms with van der Waals surface area (Å²) in [5.74, 6) is 0.955. The van der Waals surface area contributed by atoms with Crippen molar-refractivity contribution >= 4 is 5.84 Å². The molecule has 0 bridgehead atoms. The molecule has 0 radical (unpaired) electrons. The van der Waals surface area contributed by atoms with Gasteiger partial charge in [0.25, 0.3) is 0 Å². The van der Waals surface area contributed by atoms with E-state index < -0.39 is 0 Å². The number of nitrogens with one attached hydrogen (secondary N) is 1. The Bertz CT molecular complexity index is 97.8. The van der Waals surface area contributed by atoms with Gasteiger partial charge in [0, 0.05) is 13.1 Å². The van der Waals surface area contributed by atoms with Crippen LogP contribution in [0.2, 0.25) is 0 Å². The predicted molar refractivity (Wildman–Crippen MR) is 34.0 cm³/mol. The third-order valence-electron chi connectivity index (χ3n) is 1.16. The standard InChI is InChI=1S/C5H11N3/c6-4-5-7-2-1-3-8-5/h1-4,6H2,(H,7,8). The Kier molecular flexibility index (Phi) is 1.86. The number of aliphatic imine (C=N–C) groups is 1. The van der Waals surface area contributed by atoms with Gasteiger partial charge in [-0.15, -0.1) is 0 Å². The fraction of sp³-hybridized carbons (Fsp3) is 0.800. The molecule has 0 saturated heterocycles. The van der Waals surface area contributed by atoms with E-state index in [9.17, 15) is 0 Å². The maximum atomic E-state index is 5.31. The first-order valence-electron chi connectivity index (χ1n) is 2.91. The van der Waals surface area contributed by atoms with Crippen molar-refractivity contribution in [3.05, 3.63) is 0 Å². The maximum absolute atomic E-state index is 5.31. The highest BCUT2D eigenvalue weighted by Crippen LogP contribution is 1.86. The van der Waals surface area contributed by atoms with Gasteiger partial charge in [0.05, 0.1) is 6.54 Å². The molecule has 0 aromatic heterocycles. The van der Waals surface area contributed by atoms with E-state index in [0.29, 0.717) is 6.54 Å². The molecule has 0 amide bonds. The molecule has 0 fully saturated rings. The van der Waals surface area contributed by atoms with Gasteiger partial charge in [-0.3, -0.25) is 4.99 Å². The lowest BCUT2D eigenvalue weighted by atomic mass is 10.3. The molecule has 8 heavy (non-hydrogen) atoms. The summed E-state index contributed by atoms with van der Waals surface area (Å²) in [4.78, 5) is 4.13. The fourth-order valence-corrected chi connectivity index (χ4v) is 0.718. The maximum Gasteiger partial charge on any atom is 0.110 e. The smallest absolute Gasteiger partial charge is 0.110 e. The quantitative estimate of drug-likeness (QED) is 0.474. The van der Waals surface area contributed by atoms with E-state index in [4.69, 9.17) is 5.73 Å². The largest absolute Gasteiger partial charge is 0.373 e. The number of nitrogens with zero attached hydrogens (tertiary/aromatic N) is 1. The van der Waals surface area contributed by atoms with Crippen LogP contribution in [-0.2, 0) is 0 Å². The highest BCUT2D eigenvalue weighted by molar-refractivity contribution is 5.84. The van der Waals surface area contributed by atoms with Crippen molar-refractivity contribution in [2.24, 2.45) is 10.7 Å². The van der Waals surface area contributed by atoms with Gasteiger partial charge in [-0.1, -0.05) is 0 Å². The second-order valence-corrected chi connectivity index (χ2v) is 1.81. The molecule has 3 nitrogen and oxygen atoms in total. The number of rotatable bonds is 1. The summed E-state index contributed by atoms with van der Waals surface area (Å²) in [5, 5.41) is 3.09. The molecule has 3 heteroatoms. The number of hydrogen-bond acceptors (Lipinski definition) is 3. The minimum absolute atomic E-state index is 0.556. The minimum atomic E-state index is 0.556. The van der Waals surface area contributed by atoms with Crippen molar-refractivity contribution in [3.8, 4) is 0 Å². The normalized spacial score (nSPS) is 19.4. The van der Waals surface area contributed by atoms with E-state index in [2.05, 4.69) is 10.3 Å². The molecule has 0 unspecified atom stereocenters. The summed E-state index contributed by atoms with van der Waals surface area (Å²) in [5.41, 5.74) is 5.31. The highest BCUT2D eigenvalue weighted by Gasteiger charge is 1.98. The van der Waals surface area contributed by atoms with Gasteiger partial charge in [-0.2, -0.15) is 0 Å². The van der Waals surface area contributed by atoms with Crippen molar-refractivity contribution in [2.45, 2.75) is 6.42 Å². The van der Waals surface area contributed by atoms with Crippen molar-refractivity contribution in [1.29, 1.82) is 0 Å². The lowest BCUT2D eigenvalue weighted by Gasteiger charge is -2.11. The van der Waals surface area contributed by atoms with Crippen LogP contribution in [-0.4, -0.2) is 25.5 Å². The van der Waals surface area contributed by atoms with E-state index in [1.807, 2.05) is 0 Å². The second kappa shape index (κ2) is 2.67. The van der Waals surface area contributed by atoms with Crippen LogP contribution in [0.3, 0.4) is 0 Å². The Morgan fingerprint density at radius 2 is 2.62 bits per heavy atom. The van der Waals surface area contributed by atoms with Gasteiger partial charge >= 0.3 is 0 Å². The van der Waals surface area contributed by atoms with Gasteiger partial charge in [0.2, 0.25) is 0 Å². The molecule has 0 spiro atoms. The Morgan fingerprint density at radius 1 is 1.75 bits per heavy atom. The molecule has 0 aliphatic carbocycles. The SMILES string of the molecule is NCC1=NCCCN1. The zero-order valence-electron chi connectivity index (χ0n) is 4.85. The lowest BCUT2D eigenvalue weighted by Crippen LogP contribution is -2.34. The summed E-state index contributed by atoms with van der Waals surface area (Å²) in [6.45, 7) is 2.54. The van der Waals surface area contributed by atoms with Crippen LogP contribution in [0.15, 0.2) is 4.99 Å². The summed E-state index contributed by atoms with van der Waals surface area (Å²) < 4.78 is 0. The van der Waals surface area contributed by atoms with Gasteiger partial charge in [0.15, 0.2) is 0 Å². The Balaban J connectivity index is 2.37. The molecule has 3 N–H and O–H groups in total. The lowest BCUT2D eigenvalue weighted by molar-refractivity contribution is 0.733. The van der Waals surface area contributed by atoms with Crippen molar-refractivity contribution in [2.75, 3.05) is 19.6 Å². The van der Waals surface area contributed by atoms with Crippen LogP contribution >= 0.6 is 0 Å². The summed E-state index contributed by atoms with van der Waals surface area (Å²) in [6, 6.07) is 0. The van der Waals surface area contributed by atoms with Crippen molar-refractivity contribution in [3.63, 3.8) is 0 Å². The first-order chi connectivity index (χ1) is 3.93.